The van der Waals surface area contributed by atoms with Crippen LogP contribution in [-0.4, -0.2) is 5.33 Å². The normalized spacial score (nSPS) is 9.83. The molecule has 1 rings (SSSR count). The number of hydrogen-bond donors (Lipinski definition) is 0. The first-order valence-corrected chi connectivity index (χ1v) is 5.17. The number of hydrogen-bond acceptors (Lipinski definition) is 0. The summed E-state index contributed by atoms with van der Waals surface area (Å²) >= 11 is 3.41. The zero-order chi connectivity index (χ0) is 8.97. The van der Waals surface area contributed by atoms with Crippen LogP contribution in [0.4, 0.5) is 0 Å². The molecule has 0 aliphatic heterocycles. The Morgan fingerprint density at radius 2 is 2.08 bits per heavy atom. The first kappa shape index (κ1) is 9.53. The summed E-state index contributed by atoms with van der Waals surface area (Å²) in [6, 6.07) is 8.36. The van der Waals surface area contributed by atoms with E-state index in [0.717, 1.165) is 11.8 Å². The van der Waals surface area contributed by atoms with Crippen LogP contribution in [0.1, 0.15) is 17.5 Å². The smallest absolute Gasteiger partial charge is 0.00718 e. The minimum atomic E-state index is 0.986. The highest BCUT2D eigenvalue weighted by atomic mass is 79.9. The van der Waals surface area contributed by atoms with Crippen molar-refractivity contribution >= 4 is 21.5 Å². The largest absolute Gasteiger partial charge is 0.0952 e. The van der Waals surface area contributed by atoms with E-state index in [1.165, 1.54) is 16.7 Å². The van der Waals surface area contributed by atoms with Crippen LogP contribution in [0, 0.1) is 6.92 Å². The number of alkyl halides is 1. The Hall–Kier alpha value is -0.560. The topological polar surface area (TPSA) is 0 Å². The van der Waals surface area contributed by atoms with Gasteiger partial charge in [-0.1, -0.05) is 46.8 Å². The van der Waals surface area contributed by atoms with Gasteiger partial charge in [0.2, 0.25) is 0 Å². The molecule has 0 saturated carbocycles. The lowest BCUT2D eigenvalue weighted by Crippen LogP contribution is -1.87. The van der Waals surface area contributed by atoms with Gasteiger partial charge in [-0.3, -0.25) is 0 Å². The lowest BCUT2D eigenvalue weighted by Gasteiger charge is -2.06. The van der Waals surface area contributed by atoms with Gasteiger partial charge in [0.25, 0.3) is 0 Å². The quantitative estimate of drug-likeness (QED) is 0.686. The van der Waals surface area contributed by atoms with Gasteiger partial charge in [0.1, 0.15) is 0 Å². The van der Waals surface area contributed by atoms with E-state index >= 15 is 0 Å². The molecule has 0 spiro atoms. The van der Waals surface area contributed by atoms with Crippen molar-refractivity contribution in [1.29, 1.82) is 0 Å². The number of halogens is 1. The minimum absolute atomic E-state index is 0.986. The summed E-state index contributed by atoms with van der Waals surface area (Å²) in [4.78, 5) is 0. The molecule has 0 radical (unpaired) electrons. The summed E-state index contributed by atoms with van der Waals surface area (Å²) in [5.74, 6) is 0. The van der Waals surface area contributed by atoms with E-state index in [4.69, 9.17) is 0 Å². The molecule has 1 heteroatoms. The fourth-order valence-electron chi connectivity index (χ4n) is 1.22. The van der Waals surface area contributed by atoms with Crippen LogP contribution in [0.25, 0.3) is 5.57 Å². The lowest BCUT2D eigenvalue weighted by molar-refractivity contribution is 1.26. The van der Waals surface area contributed by atoms with Crippen LogP contribution in [0.2, 0.25) is 0 Å². The monoisotopic (exact) mass is 224 g/mol. The van der Waals surface area contributed by atoms with Crippen molar-refractivity contribution in [3.8, 4) is 0 Å². The van der Waals surface area contributed by atoms with Crippen LogP contribution in [0.15, 0.2) is 30.8 Å². The van der Waals surface area contributed by atoms with Gasteiger partial charge in [0.15, 0.2) is 0 Å². The molecule has 1 aromatic rings. The van der Waals surface area contributed by atoms with Crippen LogP contribution in [0.5, 0.6) is 0 Å². The molecular formula is C11H13Br. The van der Waals surface area contributed by atoms with E-state index in [1.54, 1.807) is 0 Å². The van der Waals surface area contributed by atoms with Crippen LogP contribution in [-0.2, 0) is 0 Å². The Labute approximate surface area is 82.4 Å². The second kappa shape index (κ2) is 4.46. The van der Waals surface area contributed by atoms with Gasteiger partial charge in [-0.15, -0.1) is 0 Å². The Bertz CT molecular complexity index is 276. The van der Waals surface area contributed by atoms with E-state index in [9.17, 15) is 0 Å². The molecule has 0 fully saturated rings. The third kappa shape index (κ3) is 2.21. The van der Waals surface area contributed by atoms with Crippen molar-refractivity contribution in [2.45, 2.75) is 13.3 Å². The minimum Gasteiger partial charge on any atom is -0.0952 e. The van der Waals surface area contributed by atoms with Crippen LogP contribution in [0.3, 0.4) is 0 Å². The van der Waals surface area contributed by atoms with E-state index in [0.29, 0.717) is 0 Å². The summed E-state index contributed by atoms with van der Waals surface area (Å²) in [6.45, 7) is 6.17. The van der Waals surface area contributed by atoms with Crippen molar-refractivity contribution in [3.05, 3.63) is 42.0 Å². The van der Waals surface area contributed by atoms with Gasteiger partial charge in [0.05, 0.1) is 0 Å². The second-order valence-electron chi connectivity index (χ2n) is 2.86. The van der Waals surface area contributed by atoms with Crippen molar-refractivity contribution in [1.82, 2.24) is 0 Å². The summed E-state index contributed by atoms with van der Waals surface area (Å²) in [6.07, 6.45) is 1.02. The van der Waals surface area contributed by atoms with Gasteiger partial charge in [-0.2, -0.15) is 0 Å². The standard InChI is InChI=1S/C11H13Br/c1-9-5-3-4-6-11(9)10(2)7-8-12/h3-6H,2,7-8H2,1H3. The fourth-order valence-corrected chi connectivity index (χ4v) is 1.70. The van der Waals surface area contributed by atoms with E-state index < -0.39 is 0 Å². The molecule has 0 heterocycles. The Kier molecular flexibility index (Phi) is 3.54. The fraction of sp³-hybridized carbons (Fsp3) is 0.273. The Morgan fingerprint density at radius 1 is 1.42 bits per heavy atom. The van der Waals surface area contributed by atoms with Gasteiger partial charge < -0.3 is 0 Å². The summed E-state index contributed by atoms with van der Waals surface area (Å²) in [5, 5.41) is 0.986. The Morgan fingerprint density at radius 3 is 2.67 bits per heavy atom. The van der Waals surface area contributed by atoms with Crippen molar-refractivity contribution in [3.63, 3.8) is 0 Å². The van der Waals surface area contributed by atoms with Crippen LogP contribution >= 0.6 is 15.9 Å². The number of allylic oxidation sites excluding steroid dienone is 1. The number of aryl methyl sites for hydroxylation is 1. The highest BCUT2D eigenvalue weighted by Gasteiger charge is 1.99. The third-order valence-electron chi connectivity index (χ3n) is 1.92. The number of benzene rings is 1. The molecule has 0 amide bonds. The average molecular weight is 225 g/mol. The maximum absolute atomic E-state index is 4.05. The molecule has 0 N–H and O–H groups in total. The van der Waals surface area contributed by atoms with Gasteiger partial charge >= 0.3 is 0 Å². The van der Waals surface area contributed by atoms with Gasteiger partial charge in [0, 0.05) is 5.33 Å². The third-order valence-corrected chi connectivity index (χ3v) is 2.32. The lowest BCUT2D eigenvalue weighted by atomic mass is 10.0. The Balaban J connectivity index is 2.87. The first-order valence-electron chi connectivity index (χ1n) is 4.05. The second-order valence-corrected chi connectivity index (χ2v) is 3.65. The molecular weight excluding hydrogens is 212 g/mol. The number of rotatable bonds is 3. The zero-order valence-electron chi connectivity index (χ0n) is 7.31. The van der Waals surface area contributed by atoms with Crippen molar-refractivity contribution in [2.75, 3.05) is 5.33 Å². The highest BCUT2D eigenvalue weighted by molar-refractivity contribution is 9.09. The van der Waals surface area contributed by atoms with Crippen molar-refractivity contribution < 1.29 is 0 Å². The van der Waals surface area contributed by atoms with E-state index in [-0.39, 0.29) is 0 Å². The summed E-state index contributed by atoms with van der Waals surface area (Å²) in [5.41, 5.74) is 3.81. The maximum atomic E-state index is 4.05. The molecule has 64 valence electrons. The highest BCUT2D eigenvalue weighted by Crippen LogP contribution is 2.20. The molecule has 0 aliphatic rings. The SMILES string of the molecule is C=C(CCBr)c1ccccc1C. The predicted molar refractivity (Wildman–Crippen MR) is 58.6 cm³/mol. The van der Waals surface area contributed by atoms with Crippen LogP contribution < -0.4 is 0 Å². The van der Waals surface area contributed by atoms with Gasteiger partial charge in [-0.05, 0) is 30.0 Å². The van der Waals surface area contributed by atoms with Gasteiger partial charge in [-0.25, -0.2) is 0 Å². The summed E-state index contributed by atoms with van der Waals surface area (Å²) < 4.78 is 0. The molecule has 0 unspecified atom stereocenters. The molecule has 0 saturated heterocycles. The van der Waals surface area contributed by atoms with E-state index in [1.807, 2.05) is 0 Å². The molecule has 12 heavy (non-hydrogen) atoms. The van der Waals surface area contributed by atoms with E-state index in [2.05, 4.69) is 53.7 Å². The molecule has 0 bridgehead atoms. The zero-order valence-corrected chi connectivity index (χ0v) is 8.89. The predicted octanol–water partition coefficient (Wildman–Crippen LogP) is 3.79. The average Bonchev–Trinajstić information content (AvgIpc) is 2.05. The first-order chi connectivity index (χ1) is 5.75. The molecule has 1 aromatic carbocycles. The molecule has 0 nitrogen and oxygen atoms in total. The molecule has 0 atom stereocenters. The van der Waals surface area contributed by atoms with Crippen molar-refractivity contribution in [2.24, 2.45) is 0 Å². The molecule has 0 aliphatic carbocycles. The molecule has 0 aromatic heterocycles. The maximum Gasteiger partial charge on any atom is 0.00718 e. The summed E-state index contributed by atoms with van der Waals surface area (Å²) in [7, 11) is 0.